The van der Waals surface area contributed by atoms with E-state index in [1.807, 2.05) is 0 Å². The Balaban J connectivity index is 2.91. The van der Waals surface area contributed by atoms with E-state index in [4.69, 9.17) is 0 Å². The van der Waals surface area contributed by atoms with Crippen molar-refractivity contribution in [3.8, 4) is 0 Å². The van der Waals surface area contributed by atoms with Crippen molar-refractivity contribution in [3.05, 3.63) is 34.9 Å². The van der Waals surface area contributed by atoms with Gasteiger partial charge in [0.25, 0.3) is 0 Å². The second-order valence-electron chi connectivity index (χ2n) is 7.06. The number of rotatable bonds is 1. The first-order valence-corrected chi connectivity index (χ1v) is 8.42. The van der Waals surface area contributed by atoms with Crippen LogP contribution in [-0.2, 0) is 4.79 Å². The summed E-state index contributed by atoms with van der Waals surface area (Å²) in [6.45, 7) is 11.0. The average Bonchev–Trinajstić information content (AvgIpc) is 2.36. The molecular weight excluding hydrogens is 256 g/mol. The quantitative estimate of drug-likeness (QED) is 0.539. The summed E-state index contributed by atoms with van der Waals surface area (Å²) in [6.07, 6.45) is 12.6. The van der Waals surface area contributed by atoms with E-state index < -0.39 is 0 Å². The molecule has 0 unspecified atom stereocenters. The van der Waals surface area contributed by atoms with Crippen LogP contribution in [0.1, 0.15) is 73.1 Å². The van der Waals surface area contributed by atoms with Crippen molar-refractivity contribution in [2.75, 3.05) is 0 Å². The molecule has 0 spiro atoms. The molecule has 0 fully saturated rings. The highest BCUT2D eigenvalue weighted by Gasteiger charge is 2.10. The molecule has 0 aliphatic heterocycles. The highest BCUT2D eigenvalue weighted by atomic mass is 16.1. The molecule has 1 nitrogen and oxygen atoms in total. The van der Waals surface area contributed by atoms with Crippen molar-refractivity contribution in [2.45, 2.75) is 73.1 Å². The number of hydrogen-bond donors (Lipinski definition) is 0. The molecule has 0 amide bonds. The molecule has 1 aliphatic carbocycles. The van der Waals surface area contributed by atoms with Crippen LogP contribution in [0, 0.1) is 11.8 Å². The van der Waals surface area contributed by atoms with Gasteiger partial charge in [-0.05, 0) is 51.4 Å². The lowest BCUT2D eigenvalue weighted by Crippen LogP contribution is -2.06. The number of hydrogen-bond acceptors (Lipinski definition) is 1. The summed E-state index contributed by atoms with van der Waals surface area (Å²) in [6, 6.07) is 0. The Bertz CT molecular complexity index is 435. The normalized spacial score (nSPS) is 30.7. The number of ketones is 1. The smallest absolute Gasteiger partial charge is 0.137 e. The van der Waals surface area contributed by atoms with Gasteiger partial charge in [-0.1, -0.05) is 55.7 Å². The zero-order valence-corrected chi connectivity index (χ0v) is 14.5. The minimum Gasteiger partial charge on any atom is -0.299 e. The van der Waals surface area contributed by atoms with E-state index in [9.17, 15) is 4.79 Å². The summed E-state index contributed by atoms with van der Waals surface area (Å²) < 4.78 is 0. The van der Waals surface area contributed by atoms with Gasteiger partial charge in [0, 0.05) is 12.8 Å². The lowest BCUT2D eigenvalue weighted by Gasteiger charge is -2.13. The first kappa shape index (κ1) is 17.9. The third-order valence-electron chi connectivity index (χ3n) is 4.34. The van der Waals surface area contributed by atoms with Crippen molar-refractivity contribution in [1.82, 2.24) is 0 Å². The van der Waals surface area contributed by atoms with Gasteiger partial charge in [0.05, 0.1) is 0 Å². The predicted octanol–water partition coefficient (Wildman–Crippen LogP) is 6.02. The summed E-state index contributed by atoms with van der Waals surface area (Å²) in [7, 11) is 0. The van der Waals surface area contributed by atoms with Crippen molar-refractivity contribution in [1.29, 1.82) is 0 Å². The van der Waals surface area contributed by atoms with E-state index in [1.54, 1.807) is 0 Å². The molecule has 0 radical (unpaired) electrons. The van der Waals surface area contributed by atoms with Gasteiger partial charge >= 0.3 is 0 Å². The van der Waals surface area contributed by atoms with E-state index >= 15 is 0 Å². The predicted molar refractivity (Wildman–Crippen MR) is 92.3 cm³/mol. The van der Waals surface area contributed by atoms with E-state index in [0.717, 1.165) is 32.1 Å². The van der Waals surface area contributed by atoms with Crippen molar-refractivity contribution < 1.29 is 4.79 Å². The first-order chi connectivity index (χ1) is 9.88. The van der Waals surface area contributed by atoms with Gasteiger partial charge in [-0.15, -0.1) is 0 Å². The number of allylic oxidation sites excluding steroid dienone is 6. The van der Waals surface area contributed by atoms with Gasteiger partial charge in [0.15, 0.2) is 0 Å². The van der Waals surface area contributed by atoms with Crippen LogP contribution in [0.5, 0.6) is 0 Å². The largest absolute Gasteiger partial charge is 0.299 e. The Morgan fingerprint density at radius 1 is 1.10 bits per heavy atom. The standard InChI is InChI=1S/C20H32O/c1-15(2)19-11-9-16(3)7-6-8-17(4)13-20(21)14-18(5)10-12-19/h7,10,12,15,17H,6,8-9,11,13-14H2,1-5H3/b16-7+,18-10+,19-12+/t17-/m0/s1. The minimum absolute atomic E-state index is 0.383. The lowest BCUT2D eigenvalue weighted by molar-refractivity contribution is -0.119. The maximum absolute atomic E-state index is 12.1. The topological polar surface area (TPSA) is 17.1 Å². The molecule has 1 aliphatic rings. The van der Waals surface area contributed by atoms with Gasteiger partial charge in [0.2, 0.25) is 0 Å². The minimum atomic E-state index is 0.383. The summed E-state index contributed by atoms with van der Waals surface area (Å²) >= 11 is 0. The van der Waals surface area contributed by atoms with E-state index in [2.05, 4.69) is 52.8 Å². The van der Waals surface area contributed by atoms with Crippen LogP contribution in [-0.4, -0.2) is 5.78 Å². The Morgan fingerprint density at radius 3 is 2.48 bits per heavy atom. The van der Waals surface area contributed by atoms with Crippen molar-refractivity contribution >= 4 is 5.78 Å². The molecule has 0 aromatic carbocycles. The third-order valence-corrected chi connectivity index (χ3v) is 4.34. The second kappa shape index (κ2) is 9.02. The van der Waals surface area contributed by atoms with E-state index in [1.165, 1.54) is 16.7 Å². The molecule has 0 aromatic rings. The Labute approximate surface area is 131 Å². The molecule has 0 saturated heterocycles. The molecule has 0 saturated carbocycles. The highest BCUT2D eigenvalue weighted by Crippen LogP contribution is 2.22. The van der Waals surface area contributed by atoms with Gasteiger partial charge in [-0.2, -0.15) is 0 Å². The highest BCUT2D eigenvalue weighted by molar-refractivity contribution is 5.80. The summed E-state index contributed by atoms with van der Waals surface area (Å²) in [5.41, 5.74) is 4.16. The Hall–Kier alpha value is -1.11. The molecule has 0 bridgehead atoms. The van der Waals surface area contributed by atoms with Crippen LogP contribution in [0.3, 0.4) is 0 Å². The molecule has 0 aromatic heterocycles. The molecule has 21 heavy (non-hydrogen) atoms. The van der Waals surface area contributed by atoms with Gasteiger partial charge in [-0.25, -0.2) is 0 Å². The fourth-order valence-corrected chi connectivity index (χ4v) is 2.80. The summed E-state index contributed by atoms with van der Waals surface area (Å²) in [5.74, 6) is 1.46. The maximum atomic E-state index is 12.1. The van der Waals surface area contributed by atoms with Crippen molar-refractivity contribution in [2.24, 2.45) is 11.8 Å². The summed E-state index contributed by atoms with van der Waals surface area (Å²) in [5, 5.41) is 0. The van der Waals surface area contributed by atoms with Gasteiger partial charge in [-0.3, -0.25) is 4.79 Å². The van der Waals surface area contributed by atoms with Crippen LogP contribution < -0.4 is 0 Å². The molecular formula is C20H32O. The zero-order chi connectivity index (χ0) is 15.8. The fraction of sp³-hybridized carbons (Fsp3) is 0.650. The monoisotopic (exact) mass is 288 g/mol. The van der Waals surface area contributed by atoms with Crippen LogP contribution >= 0.6 is 0 Å². The Kier molecular flexibility index (Phi) is 7.71. The molecule has 0 N–H and O–H groups in total. The van der Waals surface area contributed by atoms with Crippen LogP contribution in [0.15, 0.2) is 34.9 Å². The molecule has 1 heteroatoms. The second-order valence-corrected chi connectivity index (χ2v) is 7.06. The summed E-state index contributed by atoms with van der Waals surface area (Å²) in [4.78, 5) is 12.1. The lowest BCUT2D eigenvalue weighted by atomic mass is 9.92. The van der Waals surface area contributed by atoms with Gasteiger partial charge in [0.1, 0.15) is 5.78 Å². The zero-order valence-electron chi connectivity index (χ0n) is 14.5. The third kappa shape index (κ3) is 7.45. The fourth-order valence-electron chi connectivity index (χ4n) is 2.80. The Morgan fingerprint density at radius 2 is 1.81 bits per heavy atom. The number of carbonyl (C=O) groups is 1. The van der Waals surface area contributed by atoms with Crippen molar-refractivity contribution in [3.63, 3.8) is 0 Å². The number of carbonyl (C=O) groups excluding carboxylic acids is 1. The van der Waals surface area contributed by atoms with E-state index in [0.29, 0.717) is 24.0 Å². The van der Waals surface area contributed by atoms with Gasteiger partial charge < -0.3 is 0 Å². The molecule has 0 heterocycles. The number of Topliss-reactive ketones (excluding diaryl/α,β-unsaturated/α-hetero) is 1. The molecule has 1 atom stereocenters. The first-order valence-electron chi connectivity index (χ1n) is 8.42. The average molecular weight is 288 g/mol. The molecule has 118 valence electrons. The molecule has 1 rings (SSSR count). The van der Waals surface area contributed by atoms with Crippen LogP contribution in [0.2, 0.25) is 0 Å². The maximum Gasteiger partial charge on any atom is 0.137 e. The van der Waals surface area contributed by atoms with E-state index in [-0.39, 0.29) is 0 Å². The SMILES string of the molecule is C/C1=C\CC[C@H](C)CC(=O)C/C(C)=C/C=C(/C(C)C)CC1. The van der Waals surface area contributed by atoms with Crippen LogP contribution in [0.4, 0.5) is 0 Å². The van der Waals surface area contributed by atoms with Crippen LogP contribution in [0.25, 0.3) is 0 Å².